The number of esters is 1. The number of nitrogens with zero attached hydrogens (tertiary/aromatic N) is 1. The summed E-state index contributed by atoms with van der Waals surface area (Å²) < 4.78 is 10.2. The molecule has 0 atom stereocenters. The third kappa shape index (κ3) is 5.61. The van der Waals surface area contributed by atoms with Crippen molar-refractivity contribution in [2.75, 3.05) is 38.0 Å². The number of carbonyl (C=O) groups excluding carboxylic acids is 2. The van der Waals surface area contributed by atoms with Crippen LogP contribution in [0.5, 0.6) is 5.75 Å². The van der Waals surface area contributed by atoms with Gasteiger partial charge in [-0.05, 0) is 64.9 Å². The summed E-state index contributed by atoms with van der Waals surface area (Å²) in [5.41, 5.74) is 2.53. The molecule has 0 heterocycles. The molecule has 0 aliphatic heterocycles. The molecular formula is C24H24N2O4. The fraction of sp³-hybridized carbons (Fsp3) is 0.167. The number of anilines is 2. The van der Waals surface area contributed by atoms with Crippen molar-refractivity contribution in [3.8, 4) is 5.75 Å². The third-order valence-electron chi connectivity index (χ3n) is 4.50. The summed E-state index contributed by atoms with van der Waals surface area (Å²) in [7, 11) is 5.51. The van der Waals surface area contributed by atoms with E-state index in [-0.39, 0.29) is 6.61 Å². The molecule has 0 saturated carbocycles. The predicted molar refractivity (Wildman–Crippen MR) is 120 cm³/mol. The van der Waals surface area contributed by atoms with Gasteiger partial charge in [0, 0.05) is 31.5 Å². The van der Waals surface area contributed by atoms with Gasteiger partial charge in [0.1, 0.15) is 5.75 Å². The van der Waals surface area contributed by atoms with E-state index in [2.05, 4.69) is 5.32 Å². The highest BCUT2D eigenvalue weighted by Crippen LogP contribution is 2.22. The average Bonchev–Trinajstić information content (AvgIpc) is 2.76. The highest BCUT2D eigenvalue weighted by atomic mass is 16.5. The van der Waals surface area contributed by atoms with Crippen LogP contribution >= 0.6 is 0 Å². The van der Waals surface area contributed by atoms with Crippen LogP contribution in [0, 0.1) is 0 Å². The number of amides is 1. The largest absolute Gasteiger partial charge is 0.497 e. The molecule has 1 N–H and O–H groups in total. The Bertz CT molecular complexity index is 1070. The predicted octanol–water partition coefficient (Wildman–Crippen LogP) is 4.11. The van der Waals surface area contributed by atoms with Gasteiger partial charge in [0.15, 0.2) is 6.61 Å². The minimum Gasteiger partial charge on any atom is -0.497 e. The molecule has 0 radical (unpaired) electrons. The second kappa shape index (κ2) is 9.60. The van der Waals surface area contributed by atoms with Gasteiger partial charge in [-0.1, -0.05) is 18.2 Å². The van der Waals surface area contributed by atoms with Crippen molar-refractivity contribution >= 4 is 40.1 Å². The van der Waals surface area contributed by atoms with Crippen molar-refractivity contribution in [1.29, 1.82) is 0 Å². The quantitative estimate of drug-likeness (QED) is 0.474. The van der Waals surface area contributed by atoms with Gasteiger partial charge < -0.3 is 19.7 Å². The standard InChI is InChI=1S/C24H24N2O4/c1-26(2)21-10-8-20(9-11-21)25-23(27)16-30-24(28)13-5-17-4-6-19-15-22(29-3)12-7-18(19)14-17/h4-15H,16H2,1-3H3,(H,25,27)/b13-5+. The first kappa shape index (κ1) is 20.9. The maximum atomic E-state index is 12.0. The molecular weight excluding hydrogens is 380 g/mol. The topological polar surface area (TPSA) is 67.9 Å². The van der Waals surface area contributed by atoms with E-state index in [0.29, 0.717) is 5.69 Å². The molecule has 0 saturated heterocycles. The second-order valence-corrected chi connectivity index (χ2v) is 6.90. The third-order valence-corrected chi connectivity index (χ3v) is 4.50. The highest BCUT2D eigenvalue weighted by Gasteiger charge is 2.06. The minimum absolute atomic E-state index is 0.351. The lowest BCUT2D eigenvalue weighted by molar-refractivity contribution is -0.142. The Labute approximate surface area is 175 Å². The van der Waals surface area contributed by atoms with Gasteiger partial charge in [-0.3, -0.25) is 4.79 Å². The van der Waals surface area contributed by atoms with Crippen LogP contribution in [0.1, 0.15) is 5.56 Å². The van der Waals surface area contributed by atoms with Crippen molar-refractivity contribution in [3.63, 3.8) is 0 Å². The molecule has 30 heavy (non-hydrogen) atoms. The van der Waals surface area contributed by atoms with E-state index in [4.69, 9.17) is 9.47 Å². The zero-order valence-corrected chi connectivity index (χ0v) is 17.2. The molecule has 0 spiro atoms. The molecule has 0 aromatic heterocycles. The molecule has 0 fully saturated rings. The van der Waals surface area contributed by atoms with Gasteiger partial charge in [0.2, 0.25) is 0 Å². The molecule has 0 aliphatic carbocycles. The Morgan fingerprint density at radius 2 is 1.67 bits per heavy atom. The number of fused-ring (bicyclic) bond motifs is 1. The summed E-state index contributed by atoms with van der Waals surface area (Å²) in [4.78, 5) is 25.9. The van der Waals surface area contributed by atoms with Crippen LogP contribution in [-0.4, -0.2) is 39.7 Å². The normalized spacial score (nSPS) is 10.8. The Morgan fingerprint density at radius 1 is 0.967 bits per heavy atom. The molecule has 6 heteroatoms. The summed E-state index contributed by atoms with van der Waals surface area (Å²) in [5, 5.41) is 4.78. The van der Waals surface area contributed by atoms with E-state index < -0.39 is 11.9 Å². The molecule has 6 nitrogen and oxygen atoms in total. The lowest BCUT2D eigenvalue weighted by atomic mass is 10.1. The number of carbonyl (C=O) groups is 2. The van der Waals surface area contributed by atoms with Gasteiger partial charge in [0.25, 0.3) is 5.91 Å². The first-order valence-corrected chi connectivity index (χ1v) is 9.44. The van der Waals surface area contributed by atoms with E-state index in [9.17, 15) is 9.59 Å². The van der Waals surface area contributed by atoms with Crippen LogP contribution in [0.4, 0.5) is 11.4 Å². The van der Waals surface area contributed by atoms with E-state index in [1.165, 1.54) is 6.08 Å². The maximum absolute atomic E-state index is 12.0. The summed E-state index contributed by atoms with van der Waals surface area (Å²) >= 11 is 0. The number of ether oxygens (including phenoxy) is 2. The first-order valence-electron chi connectivity index (χ1n) is 9.44. The van der Waals surface area contributed by atoms with Crippen LogP contribution < -0.4 is 15.0 Å². The Kier molecular flexibility index (Phi) is 6.70. The lowest BCUT2D eigenvalue weighted by Gasteiger charge is -2.13. The number of hydrogen-bond acceptors (Lipinski definition) is 5. The molecule has 1 amide bonds. The number of benzene rings is 3. The fourth-order valence-electron chi connectivity index (χ4n) is 2.86. The van der Waals surface area contributed by atoms with Crippen LogP contribution in [-0.2, 0) is 14.3 Å². The van der Waals surface area contributed by atoms with Crippen LogP contribution in [0.2, 0.25) is 0 Å². The van der Waals surface area contributed by atoms with E-state index in [1.54, 1.807) is 25.3 Å². The number of nitrogens with one attached hydrogen (secondary N) is 1. The summed E-state index contributed by atoms with van der Waals surface area (Å²) in [6.07, 6.45) is 2.97. The lowest BCUT2D eigenvalue weighted by Crippen LogP contribution is -2.20. The summed E-state index contributed by atoms with van der Waals surface area (Å²) in [6, 6.07) is 19.0. The monoisotopic (exact) mass is 404 g/mol. The molecule has 154 valence electrons. The van der Waals surface area contributed by atoms with Crippen molar-refractivity contribution < 1.29 is 19.1 Å². The van der Waals surface area contributed by atoms with E-state index in [1.807, 2.05) is 67.5 Å². The van der Waals surface area contributed by atoms with Gasteiger partial charge >= 0.3 is 5.97 Å². The molecule has 3 rings (SSSR count). The van der Waals surface area contributed by atoms with Crippen molar-refractivity contribution in [2.45, 2.75) is 0 Å². The van der Waals surface area contributed by atoms with Gasteiger partial charge in [-0.2, -0.15) is 0 Å². The summed E-state index contributed by atoms with van der Waals surface area (Å²) in [6.45, 7) is -0.351. The van der Waals surface area contributed by atoms with Crippen LogP contribution in [0.25, 0.3) is 16.8 Å². The Hall–Kier alpha value is -3.80. The number of rotatable bonds is 7. The molecule has 0 aliphatic rings. The number of hydrogen-bond donors (Lipinski definition) is 1. The Morgan fingerprint density at radius 3 is 2.37 bits per heavy atom. The summed E-state index contributed by atoms with van der Waals surface area (Å²) in [5.74, 6) is -0.182. The van der Waals surface area contributed by atoms with Crippen molar-refractivity contribution in [3.05, 3.63) is 72.3 Å². The van der Waals surface area contributed by atoms with Crippen LogP contribution in [0.3, 0.4) is 0 Å². The van der Waals surface area contributed by atoms with Gasteiger partial charge in [-0.25, -0.2) is 4.79 Å². The van der Waals surface area contributed by atoms with Gasteiger partial charge in [0.05, 0.1) is 7.11 Å². The SMILES string of the molecule is COc1ccc2cc(/C=C/C(=O)OCC(=O)Nc3ccc(N(C)C)cc3)ccc2c1. The van der Waals surface area contributed by atoms with Crippen LogP contribution in [0.15, 0.2) is 66.7 Å². The number of methoxy groups -OCH3 is 1. The Balaban J connectivity index is 1.51. The maximum Gasteiger partial charge on any atom is 0.331 e. The highest BCUT2D eigenvalue weighted by molar-refractivity contribution is 5.95. The molecule has 3 aromatic rings. The van der Waals surface area contributed by atoms with E-state index in [0.717, 1.165) is 27.8 Å². The zero-order chi connectivity index (χ0) is 21.5. The zero-order valence-electron chi connectivity index (χ0n) is 17.2. The van der Waals surface area contributed by atoms with Crippen molar-refractivity contribution in [2.24, 2.45) is 0 Å². The second-order valence-electron chi connectivity index (χ2n) is 6.90. The van der Waals surface area contributed by atoms with Crippen molar-refractivity contribution in [1.82, 2.24) is 0 Å². The minimum atomic E-state index is -0.581. The molecule has 0 bridgehead atoms. The average molecular weight is 404 g/mol. The smallest absolute Gasteiger partial charge is 0.331 e. The van der Waals surface area contributed by atoms with Gasteiger partial charge in [-0.15, -0.1) is 0 Å². The molecule has 3 aromatic carbocycles. The van der Waals surface area contributed by atoms with E-state index >= 15 is 0 Å². The fourth-order valence-corrected chi connectivity index (χ4v) is 2.86. The molecule has 0 unspecified atom stereocenters. The first-order chi connectivity index (χ1) is 14.4.